The molecule has 1 N–H and O–H groups in total. The van der Waals surface area contributed by atoms with Crippen LogP contribution in [0.1, 0.15) is 8.35 Å². The van der Waals surface area contributed by atoms with E-state index < -0.39 is 5.63 Å². The van der Waals surface area contributed by atoms with E-state index >= 15 is 0 Å². The summed E-state index contributed by atoms with van der Waals surface area (Å²) in [4.78, 5) is 20.2. The highest BCUT2D eigenvalue weighted by molar-refractivity contribution is 6.02. The van der Waals surface area contributed by atoms with Crippen LogP contribution in [0.5, 0.6) is 0 Å². The Labute approximate surface area is 104 Å². The summed E-state index contributed by atoms with van der Waals surface area (Å²) in [6, 6.07) is 7.36. The summed E-state index contributed by atoms with van der Waals surface area (Å²) in [6.07, 6.45) is 1.65. The zero-order valence-corrected chi connectivity index (χ0v) is 9.80. The van der Waals surface area contributed by atoms with Crippen LogP contribution in [-0.2, 0) is 0 Å². The van der Waals surface area contributed by atoms with Crippen LogP contribution >= 0.6 is 0 Å². The van der Waals surface area contributed by atoms with E-state index in [4.69, 9.17) is 4.42 Å². The van der Waals surface area contributed by atoms with Crippen LogP contribution in [0.15, 0.2) is 39.7 Å². The first-order valence-electron chi connectivity index (χ1n) is 5.72. The quantitative estimate of drug-likeness (QED) is 0.553. The lowest BCUT2D eigenvalue weighted by Crippen LogP contribution is -2.07. The zero-order chi connectivity index (χ0) is 12.5. The van der Waals surface area contributed by atoms with Crippen molar-refractivity contribution in [1.29, 1.82) is 0 Å². The Balaban J connectivity index is 0.00000133. The minimum atomic E-state index is -0.440. The Hall–Kier alpha value is -2.43. The van der Waals surface area contributed by atoms with Gasteiger partial charge in [-0.15, -0.1) is 0 Å². The molecule has 3 aromatic rings. The molecule has 2 aromatic heterocycles. The molecule has 0 saturated heterocycles. The Bertz CT molecular complexity index is 786. The number of anilines is 1. The highest BCUT2D eigenvalue weighted by atomic mass is 16.4. The molecule has 0 amide bonds. The number of nitrogens with zero attached hydrogens (tertiary/aromatic N) is 2. The van der Waals surface area contributed by atoms with Gasteiger partial charge in [0.05, 0.1) is 0 Å². The van der Waals surface area contributed by atoms with Crippen molar-refractivity contribution in [1.82, 2.24) is 9.97 Å². The monoisotopic (exact) mass is 243 g/mol. The summed E-state index contributed by atoms with van der Waals surface area (Å²) >= 11 is 0. The third kappa shape index (κ3) is 1.60. The fraction of sp³-hybridized carbons (Fsp3) is 0.154. The van der Waals surface area contributed by atoms with Gasteiger partial charge < -0.3 is 9.73 Å². The Kier molecular flexibility index (Phi) is 2.44. The number of rotatable bonds is 2. The molecule has 3 rings (SSSR count). The molecule has 0 atom stereocenters. The second-order valence-corrected chi connectivity index (χ2v) is 3.87. The van der Waals surface area contributed by atoms with Crippen LogP contribution in [-0.4, -0.2) is 16.5 Å². The number of nitrogens with one attached hydrogen (secondary N) is 1. The fourth-order valence-electron chi connectivity index (χ4n) is 1.90. The van der Waals surface area contributed by atoms with E-state index in [2.05, 4.69) is 15.3 Å². The van der Waals surface area contributed by atoms with Crippen LogP contribution in [0.3, 0.4) is 0 Å². The van der Waals surface area contributed by atoms with Crippen molar-refractivity contribution >= 4 is 27.8 Å². The summed E-state index contributed by atoms with van der Waals surface area (Å²) in [5.41, 5.74) is 0.416. The molecular weight excluding hydrogens is 230 g/mol. The summed E-state index contributed by atoms with van der Waals surface area (Å²) in [5, 5.41) is 4.53. The molecule has 1 aromatic carbocycles. The van der Waals surface area contributed by atoms with Crippen molar-refractivity contribution in [3.8, 4) is 0 Å². The van der Waals surface area contributed by atoms with Gasteiger partial charge in [0.2, 0.25) is 5.95 Å². The van der Waals surface area contributed by atoms with Gasteiger partial charge in [0.1, 0.15) is 5.58 Å². The predicted octanol–water partition coefficient (Wildman–Crippen LogP) is 2.41. The lowest BCUT2D eigenvalue weighted by molar-refractivity contribution is 0.567. The van der Waals surface area contributed by atoms with Crippen LogP contribution in [0, 0.1) is 0 Å². The molecule has 5 heteroatoms. The van der Waals surface area contributed by atoms with E-state index in [0.29, 0.717) is 29.0 Å². The molecule has 0 unspecified atom stereocenters. The predicted molar refractivity (Wildman–Crippen MR) is 71.9 cm³/mol. The molecule has 0 saturated carbocycles. The number of hydrogen-bond donors (Lipinski definition) is 1. The highest BCUT2D eigenvalue weighted by Gasteiger charge is 2.09. The minimum Gasteiger partial charge on any atom is -0.421 e. The van der Waals surface area contributed by atoms with E-state index in [1.807, 2.05) is 25.1 Å². The van der Waals surface area contributed by atoms with Crippen LogP contribution in [0.25, 0.3) is 21.9 Å². The summed E-state index contributed by atoms with van der Waals surface area (Å²) in [7, 11) is 0. The van der Waals surface area contributed by atoms with Crippen LogP contribution < -0.4 is 10.9 Å². The topological polar surface area (TPSA) is 68.0 Å². The fourth-order valence-corrected chi connectivity index (χ4v) is 1.90. The number of aromatic nitrogens is 2. The normalized spacial score (nSPS) is 10.9. The molecule has 0 aliphatic heterocycles. The van der Waals surface area contributed by atoms with E-state index in [1.54, 1.807) is 12.3 Å². The maximum Gasteiger partial charge on any atom is 0.363 e. The van der Waals surface area contributed by atoms with Gasteiger partial charge in [-0.05, 0) is 13.0 Å². The van der Waals surface area contributed by atoms with Crippen LogP contribution in [0.4, 0.5) is 5.95 Å². The first-order valence-corrected chi connectivity index (χ1v) is 5.72. The number of para-hydroxylation sites is 1. The summed E-state index contributed by atoms with van der Waals surface area (Å²) in [6.45, 7) is 2.64. The number of hydrogen-bond acceptors (Lipinski definition) is 5. The van der Waals surface area contributed by atoms with Gasteiger partial charge >= 0.3 is 5.63 Å². The molecule has 0 radical (unpaired) electrons. The molecule has 0 aliphatic carbocycles. The van der Waals surface area contributed by atoms with Gasteiger partial charge in [0.25, 0.3) is 0 Å². The van der Waals surface area contributed by atoms with Crippen molar-refractivity contribution in [3.63, 3.8) is 0 Å². The molecule has 0 bridgehead atoms. The second kappa shape index (κ2) is 4.10. The maximum atomic E-state index is 11.9. The van der Waals surface area contributed by atoms with Gasteiger partial charge in [-0.25, -0.2) is 14.8 Å². The number of fused-ring (bicyclic) bond motifs is 3. The summed E-state index contributed by atoms with van der Waals surface area (Å²) in [5.74, 6) is 0.438. The van der Waals surface area contributed by atoms with Gasteiger partial charge in [-0.2, -0.15) is 0 Å². The lowest BCUT2D eigenvalue weighted by atomic mass is 10.1. The largest absolute Gasteiger partial charge is 0.421 e. The average molecular weight is 243 g/mol. The van der Waals surface area contributed by atoms with Crippen molar-refractivity contribution in [2.45, 2.75) is 6.92 Å². The standard InChI is InChI=1S/C13H11N3O2.H2/c1-2-14-13-15-7-9-8-5-3-4-6-10(8)18-12(17)11(9)16-13;/h3-7H,2H2,1H3,(H,14,15,16);1H. The van der Waals surface area contributed by atoms with E-state index in [9.17, 15) is 4.79 Å². The van der Waals surface area contributed by atoms with Gasteiger partial charge in [-0.1, -0.05) is 18.2 Å². The third-order valence-corrected chi connectivity index (χ3v) is 2.70. The van der Waals surface area contributed by atoms with Crippen molar-refractivity contribution in [2.24, 2.45) is 0 Å². The van der Waals surface area contributed by atoms with Gasteiger partial charge in [0, 0.05) is 24.9 Å². The Morgan fingerprint density at radius 3 is 3.00 bits per heavy atom. The first kappa shape index (κ1) is 10.7. The average Bonchev–Trinajstić information content (AvgIpc) is 2.40. The lowest BCUT2D eigenvalue weighted by Gasteiger charge is -2.04. The van der Waals surface area contributed by atoms with Gasteiger partial charge in [-0.3, -0.25) is 0 Å². The number of benzene rings is 1. The maximum absolute atomic E-state index is 11.9. The Morgan fingerprint density at radius 2 is 2.17 bits per heavy atom. The smallest absolute Gasteiger partial charge is 0.363 e. The second-order valence-electron chi connectivity index (χ2n) is 3.87. The molecule has 0 fully saturated rings. The molecule has 5 nitrogen and oxygen atoms in total. The van der Waals surface area contributed by atoms with E-state index in [1.165, 1.54) is 0 Å². The molecule has 0 aliphatic rings. The highest BCUT2D eigenvalue weighted by Crippen LogP contribution is 2.21. The molecule has 18 heavy (non-hydrogen) atoms. The third-order valence-electron chi connectivity index (χ3n) is 2.70. The van der Waals surface area contributed by atoms with Crippen molar-refractivity contribution in [3.05, 3.63) is 40.9 Å². The molecule has 0 spiro atoms. The van der Waals surface area contributed by atoms with Crippen molar-refractivity contribution < 1.29 is 5.84 Å². The van der Waals surface area contributed by atoms with Crippen LogP contribution in [0.2, 0.25) is 0 Å². The SMILES string of the molecule is CCNc1ncc2c(n1)c(=O)oc1ccccc12.[HH]. The van der Waals surface area contributed by atoms with E-state index in [0.717, 1.165) is 5.39 Å². The Morgan fingerprint density at radius 1 is 1.33 bits per heavy atom. The van der Waals surface area contributed by atoms with Crippen molar-refractivity contribution in [2.75, 3.05) is 11.9 Å². The summed E-state index contributed by atoms with van der Waals surface area (Å²) < 4.78 is 5.23. The molecular formula is C13H13N3O2. The van der Waals surface area contributed by atoms with E-state index in [-0.39, 0.29) is 1.43 Å². The molecule has 92 valence electrons. The first-order chi connectivity index (χ1) is 8.79. The minimum absolute atomic E-state index is 0. The van der Waals surface area contributed by atoms with Gasteiger partial charge in [0.15, 0.2) is 5.52 Å². The zero-order valence-electron chi connectivity index (χ0n) is 9.80. The molecule has 2 heterocycles.